The third kappa shape index (κ3) is 7.42. The summed E-state index contributed by atoms with van der Waals surface area (Å²) in [6.45, 7) is 11.4. The van der Waals surface area contributed by atoms with E-state index < -0.39 is 10.2 Å². The van der Waals surface area contributed by atoms with Crippen LogP contribution in [-0.2, 0) is 16.8 Å². The smallest absolute Gasteiger partial charge is 0.316 e. The molecule has 41 heavy (non-hydrogen) atoms. The highest BCUT2D eigenvalue weighted by molar-refractivity contribution is 7.86. The van der Waals surface area contributed by atoms with E-state index in [1.807, 2.05) is 72.5 Å². The standard InChI is InChI=1S/C31H37N5O4S/c1-4-6-7-11-22-40-30-29(24-32-36(31(30)37)28-16-12-13-26(3)23-28)33-18-20-34(21-19-33)41(38,39)35(17-5-2)25-27-14-9-8-10-15-27/h5-6,8-10,12-16,23-24H,1-2,7,11,17-22,25H2,3H3. The normalized spacial score (nSPS) is 14.0. The van der Waals surface area contributed by atoms with Gasteiger partial charge in [0.15, 0.2) is 0 Å². The van der Waals surface area contributed by atoms with E-state index in [0.29, 0.717) is 37.5 Å². The molecule has 0 saturated carbocycles. The minimum atomic E-state index is -3.74. The summed E-state index contributed by atoms with van der Waals surface area (Å²) in [5.41, 5.74) is 5.51. The summed E-state index contributed by atoms with van der Waals surface area (Å²) in [6, 6.07) is 17.1. The first-order valence-corrected chi connectivity index (χ1v) is 15.1. The summed E-state index contributed by atoms with van der Waals surface area (Å²) in [5, 5.41) is 4.46. The summed E-state index contributed by atoms with van der Waals surface area (Å²) >= 11 is 0. The number of aryl methyl sites for hydroxylation is 1. The van der Waals surface area contributed by atoms with Gasteiger partial charge in [-0.3, -0.25) is 4.79 Å². The Morgan fingerprint density at radius 2 is 1.85 bits per heavy atom. The zero-order chi connectivity index (χ0) is 29.2. The highest BCUT2D eigenvalue weighted by Gasteiger charge is 2.33. The highest BCUT2D eigenvalue weighted by Crippen LogP contribution is 2.27. The van der Waals surface area contributed by atoms with Crippen LogP contribution in [0.1, 0.15) is 24.0 Å². The molecule has 0 bridgehead atoms. The topological polar surface area (TPSA) is 88.0 Å². The average molecular weight is 576 g/mol. The zero-order valence-electron chi connectivity index (χ0n) is 23.5. The molecule has 0 amide bonds. The van der Waals surface area contributed by atoms with Gasteiger partial charge in [0.1, 0.15) is 5.69 Å². The molecule has 216 valence electrons. The van der Waals surface area contributed by atoms with Crippen LogP contribution in [0.3, 0.4) is 0 Å². The SMILES string of the molecule is C=C=CCCCOc1c(N2CCN(S(=O)(=O)N(CC=C)Cc3ccccc3)CC2)cnn(-c2cccc(C)c2)c1=O. The maximum Gasteiger partial charge on any atom is 0.316 e. The first kappa shape index (κ1) is 30.0. The highest BCUT2D eigenvalue weighted by atomic mass is 32.2. The quantitative estimate of drug-likeness (QED) is 0.173. The minimum absolute atomic E-state index is 0.206. The van der Waals surface area contributed by atoms with Gasteiger partial charge in [-0.25, -0.2) is 0 Å². The number of anilines is 1. The maximum atomic E-state index is 13.6. The number of benzene rings is 2. The molecule has 1 aliphatic heterocycles. The molecule has 4 rings (SSSR count). The molecule has 0 radical (unpaired) electrons. The van der Waals surface area contributed by atoms with Crippen molar-refractivity contribution in [3.8, 4) is 11.4 Å². The number of ether oxygens (including phenoxy) is 1. The molecule has 0 atom stereocenters. The van der Waals surface area contributed by atoms with E-state index in [2.05, 4.69) is 24.0 Å². The number of piperazine rings is 1. The Kier molecular flexibility index (Phi) is 10.3. The molecule has 1 aliphatic rings. The summed E-state index contributed by atoms with van der Waals surface area (Å²) in [6.07, 6.45) is 6.48. The molecule has 2 aromatic carbocycles. The van der Waals surface area contributed by atoms with E-state index in [-0.39, 0.29) is 37.5 Å². The molecule has 0 unspecified atom stereocenters. The average Bonchev–Trinajstić information content (AvgIpc) is 2.98. The number of unbranched alkanes of at least 4 members (excludes halogenated alkanes) is 1. The van der Waals surface area contributed by atoms with Gasteiger partial charge in [-0.15, -0.1) is 12.3 Å². The summed E-state index contributed by atoms with van der Waals surface area (Å²) in [4.78, 5) is 15.6. The summed E-state index contributed by atoms with van der Waals surface area (Å²) in [5.74, 6) is 0.206. The fraction of sp³-hybridized carbons (Fsp3) is 0.323. The second-order valence-electron chi connectivity index (χ2n) is 9.77. The fourth-order valence-corrected chi connectivity index (χ4v) is 6.25. The van der Waals surface area contributed by atoms with Crippen molar-refractivity contribution < 1.29 is 13.2 Å². The molecule has 9 nitrogen and oxygen atoms in total. The molecule has 0 spiro atoms. The number of hydrogen-bond donors (Lipinski definition) is 0. The lowest BCUT2D eigenvalue weighted by Crippen LogP contribution is -2.53. The van der Waals surface area contributed by atoms with E-state index >= 15 is 0 Å². The van der Waals surface area contributed by atoms with Crippen LogP contribution in [0.25, 0.3) is 5.69 Å². The maximum absolute atomic E-state index is 13.6. The molecule has 3 aromatic rings. The van der Waals surface area contributed by atoms with Gasteiger partial charge in [0.05, 0.1) is 18.5 Å². The van der Waals surface area contributed by atoms with E-state index in [4.69, 9.17) is 4.74 Å². The molecule has 2 heterocycles. The van der Waals surface area contributed by atoms with Crippen LogP contribution in [0.15, 0.2) is 96.6 Å². The summed E-state index contributed by atoms with van der Waals surface area (Å²) < 4.78 is 37.5. The van der Waals surface area contributed by atoms with Crippen LogP contribution >= 0.6 is 0 Å². The van der Waals surface area contributed by atoms with E-state index in [9.17, 15) is 13.2 Å². The van der Waals surface area contributed by atoms with Crippen LogP contribution in [-0.4, -0.2) is 66.1 Å². The van der Waals surface area contributed by atoms with Crippen molar-refractivity contribution in [3.63, 3.8) is 0 Å². The first-order valence-electron chi connectivity index (χ1n) is 13.7. The second-order valence-corrected chi connectivity index (χ2v) is 11.7. The van der Waals surface area contributed by atoms with Gasteiger partial charge in [0.2, 0.25) is 5.75 Å². The first-order chi connectivity index (χ1) is 19.8. The lowest BCUT2D eigenvalue weighted by molar-refractivity contribution is 0.302. The molecular weight excluding hydrogens is 538 g/mol. The Balaban J connectivity index is 1.55. The third-order valence-electron chi connectivity index (χ3n) is 6.81. The largest absolute Gasteiger partial charge is 0.486 e. The van der Waals surface area contributed by atoms with Crippen LogP contribution < -0.4 is 15.2 Å². The van der Waals surface area contributed by atoms with Crippen molar-refractivity contribution in [2.75, 3.05) is 44.2 Å². The molecule has 0 aliphatic carbocycles. The lowest BCUT2D eigenvalue weighted by Gasteiger charge is -2.37. The van der Waals surface area contributed by atoms with Crippen molar-refractivity contribution in [1.29, 1.82) is 0 Å². The fourth-order valence-electron chi connectivity index (χ4n) is 4.69. The van der Waals surface area contributed by atoms with Crippen molar-refractivity contribution in [2.45, 2.75) is 26.3 Å². The van der Waals surface area contributed by atoms with Crippen LogP contribution in [0.2, 0.25) is 0 Å². The Morgan fingerprint density at radius 1 is 1.10 bits per heavy atom. The minimum Gasteiger partial charge on any atom is -0.486 e. The number of allylic oxidation sites excluding steroid dienone is 1. The van der Waals surface area contributed by atoms with Crippen molar-refractivity contribution in [1.82, 2.24) is 18.4 Å². The molecule has 1 aromatic heterocycles. The van der Waals surface area contributed by atoms with E-state index in [1.165, 1.54) is 13.3 Å². The number of hydrogen-bond acceptors (Lipinski definition) is 6. The molecule has 1 saturated heterocycles. The number of nitrogens with zero attached hydrogens (tertiary/aromatic N) is 5. The van der Waals surface area contributed by atoms with Gasteiger partial charge in [0.25, 0.3) is 10.2 Å². The van der Waals surface area contributed by atoms with Crippen LogP contribution in [0.4, 0.5) is 5.69 Å². The Morgan fingerprint density at radius 3 is 2.54 bits per heavy atom. The van der Waals surface area contributed by atoms with Gasteiger partial charge >= 0.3 is 5.56 Å². The molecule has 10 heteroatoms. The van der Waals surface area contributed by atoms with Gasteiger partial charge in [-0.1, -0.05) is 55.1 Å². The lowest BCUT2D eigenvalue weighted by atomic mass is 10.2. The van der Waals surface area contributed by atoms with Crippen molar-refractivity contribution in [2.24, 2.45) is 0 Å². The molecular formula is C31H37N5O4S. The molecule has 1 fully saturated rings. The molecule has 0 N–H and O–H groups in total. The summed E-state index contributed by atoms with van der Waals surface area (Å²) in [7, 11) is -3.74. The van der Waals surface area contributed by atoms with Crippen LogP contribution in [0, 0.1) is 6.92 Å². The van der Waals surface area contributed by atoms with Gasteiger partial charge < -0.3 is 9.64 Å². The van der Waals surface area contributed by atoms with Gasteiger partial charge in [0, 0.05) is 39.3 Å². The predicted octanol–water partition coefficient (Wildman–Crippen LogP) is 4.10. The van der Waals surface area contributed by atoms with Crippen molar-refractivity contribution in [3.05, 3.63) is 113 Å². The second kappa shape index (κ2) is 14.1. The number of rotatable bonds is 13. The third-order valence-corrected chi connectivity index (χ3v) is 8.76. The Labute approximate surface area is 242 Å². The number of aromatic nitrogens is 2. The van der Waals surface area contributed by atoms with E-state index in [1.54, 1.807) is 12.3 Å². The van der Waals surface area contributed by atoms with Crippen LogP contribution in [0.5, 0.6) is 5.75 Å². The predicted molar refractivity (Wildman–Crippen MR) is 163 cm³/mol. The van der Waals surface area contributed by atoms with Gasteiger partial charge in [-0.2, -0.15) is 26.8 Å². The Bertz CT molecular complexity index is 1540. The van der Waals surface area contributed by atoms with Gasteiger partial charge in [-0.05, 0) is 49.1 Å². The van der Waals surface area contributed by atoms with E-state index in [0.717, 1.165) is 17.5 Å². The Hall–Kier alpha value is -3.95. The van der Waals surface area contributed by atoms with Crippen molar-refractivity contribution >= 4 is 15.9 Å². The monoisotopic (exact) mass is 575 g/mol. The zero-order valence-corrected chi connectivity index (χ0v) is 24.3.